The topological polar surface area (TPSA) is 75.8 Å². The summed E-state index contributed by atoms with van der Waals surface area (Å²) in [5.41, 5.74) is 5.92. The third-order valence-electron chi connectivity index (χ3n) is 3.20. The molecule has 1 aromatic rings. The van der Waals surface area contributed by atoms with E-state index in [1.807, 2.05) is 0 Å². The van der Waals surface area contributed by atoms with Crippen LogP contribution in [0.4, 0.5) is 5.69 Å². The highest BCUT2D eigenvalue weighted by molar-refractivity contribution is 5.94. The van der Waals surface area contributed by atoms with Crippen molar-refractivity contribution in [2.24, 2.45) is 0 Å². The zero-order valence-electron chi connectivity index (χ0n) is 12.6. The number of rotatable bonds is 7. The average molecular weight is 280 g/mol. The molecule has 0 saturated heterocycles. The zero-order chi connectivity index (χ0) is 15.3. The van der Waals surface area contributed by atoms with E-state index in [1.54, 1.807) is 12.1 Å². The number of nitrogen functional groups attached to an aromatic ring is 1. The van der Waals surface area contributed by atoms with E-state index >= 15 is 0 Å². The quantitative estimate of drug-likeness (QED) is 0.750. The molecular formula is C15H24N2O3. The maximum absolute atomic E-state index is 11.0. The summed E-state index contributed by atoms with van der Waals surface area (Å²) in [5.74, 6) is -0.511. The van der Waals surface area contributed by atoms with Crippen LogP contribution in [0.2, 0.25) is 0 Å². The van der Waals surface area contributed by atoms with Gasteiger partial charge in [-0.3, -0.25) is 4.90 Å². The molecule has 0 amide bonds. The number of carboxylic acids is 1. The van der Waals surface area contributed by atoms with Gasteiger partial charge in [-0.1, -0.05) is 0 Å². The van der Waals surface area contributed by atoms with E-state index in [2.05, 4.69) is 32.6 Å². The van der Waals surface area contributed by atoms with E-state index < -0.39 is 5.97 Å². The molecule has 0 heterocycles. The first-order valence-corrected chi connectivity index (χ1v) is 6.84. The number of hydrogen-bond donors (Lipinski definition) is 2. The number of carbonyl (C=O) groups is 1. The molecule has 20 heavy (non-hydrogen) atoms. The summed E-state index contributed by atoms with van der Waals surface area (Å²) in [6, 6.07) is 5.60. The van der Waals surface area contributed by atoms with Gasteiger partial charge in [-0.15, -0.1) is 0 Å². The highest BCUT2D eigenvalue weighted by atomic mass is 16.5. The molecule has 0 atom stereocenters. The molecule has 1 aromatic carbocycles. The molecule has 0 radical (unpaired) electrons. The van der Waals surface area contributed by atoms with Crippen LogP contribution in [0.3, 0.4) is 0 Å². The smallest absolute Gasteiger partial charge is 0.337 e. The number of aromatic carboxylic acids is 1. The molecular weight excluding hydrogens is 256 g/mol. The Morgan fingerprint density at radius 1 is 1.30 bits per heavy atom. The molecule has 0 saturated carbocycles. The Hall–Kier alpha value is -1.75. The maximum atomic E-state index is 11.0. The Labute approximate surface area is 120 Å². The molecule has 0 unspecified atom stereocenters. The third kappa shape index (κ3) is 4.42. The van der Waals surface area contributed by atoms with E-state index in [1.165, 1.54) is 6.07 Å². The number of nitrogens with two attached hydrogens (primary N) is 1. The predicted molar refractivity (Wildman–Crippen MR) is 80.3 cm³/mol. The van der Waals surface area contributed by atoms with Gasteiger partial charge in [0.15, 0.2) is 0 Å². The minimum atomic E-state index is -1.04. The minimum Gasteiger partial charge on any atom is -0.492 e. The number of benzene rings is 1. The van der Waals surface area contributed by atoms with Crippen LogP contribution < -0.4 is 10.5 Å². The number of nitrogens with zero attached hydrogens (tertiary/aromatic N) is 1. The lowest BCUT2D eigenvalue weighted by molar-refractivity contribution is 0.0697. The van der Waals surface area contributed by atoms with Gasteiger partial charge < -0.3 is 15.6 Å². The number of ether oxygens (including phenoxy) is 1. The van der Waals surface area contributed by atoms with Crippen LogP contribution >= 0.6 is 0 Å². The highest BCUT2D eigenvalue weighted by Gasteiger charge is 2.13. The fourth-order valence-corrected chi connectivity index (χ4v) is 2.19. The zero-order valence-corrected chi connectivity index (χ0v) is 12.6. The summed E-state index contributed by atoms with van der Waals surface area (Å²) < 4.78 is 5.62. The summed E-state index contributed by atoms with van der Waals surface area (Å²) in [7, 11) is 0. The Morgan fingerprint density at radius 2 is 1.90 bits per heavy atom. The molecule has 0 aromatic heterocycles. The fourth-order valence-electron chi connectivity index (χ4n) is 2.19. The van der Waals surface area contributed by atoms with Crippen molar-refractivity contribution in [3.05, 3.63) is 23.8 Å². The van der Waals surface area contributed by atoms with Crippen molar-refractivity contribution in [3.63, 3.8) is 0 Å². The Kier molecular flexibility index (Phi) is 5.82. The highest BCUT2D eigenvalue weighted by Crippen LogP contribution is 2.19. The number of hydrogen-bond acceptors (Lipinski definition) is 4. The van der Waals surface area contributed by atoms with Crippen molar-refractivity contribution >= 4 is 11.7 Å². The van der Waals surface area contributed by atoms with E-state index in [9.17, 15) is 4.79 Å². The first-order chi connectivity index (χ1) is 9.32. The van der Waals surface area contributed by atoms with Crippen molar-refractivity contribution in [1.82, 2.24) is 4.90 Å². The van der Waals surface area contributed by atoms with Crippen molar-refractivity contribution in [3.8, 4) is 5.75 Å². The van der Waals surface area contributed by atoms with E-state index in [4.69, 9.17) is 15.6 Å². The van der Waals surface area contributed by atoms with Crippen LogP contribution in [-0.4, -0.2) is 41.2 Å². The Bertz CT molecular complexity index is 450. The second-order valence-electron chi connectivity index (χ2n) is 5.33. The van der Waals surface area contributed by atoms with Gasteiger partial charge in [0.1, 0.15) is 12.4 Å². The van der Waals surface area contributed by atoms with Crippen LogP contribution in [0.25, 0.3) is 0 Å². The molecule has 0 aliphatic rings. The van der Waals surface area contributed by atoms with Gasteiger partial charge in [0.05, 0.1) is 5.56 Å². The molecule has 0 bridgehead atoms. The van der Waals surface area contributed by atoms with Gasteiger partial charge in [-0.2, -0.15) is 0 Å². The van der Waals surface area contributed by atoms with Crippen molar-refractivity contribution in [1.29, 1.82) is 0 Å². The van der Waals surface area contributed by atoms with Crippen molar-refractivity contribution < 1.29 is 14.6 Å². The average Bonchev–Trinajstić information content (AvgIpc) is 2.35. The lowest BCUT2D eigenvalue weighted by atomic mass is 10.2. The van der Waals surface area contributed by atoms with Crippen LogP contribution in [0, 0.1) is 0 Å². The molecule has 0 aliphatic carbocycles. The lowest BCUT2D eigenvalue weighted by Gasteiger charge is -2.30. The standard InChI is InChI=1S/C15H24N2O3/c1-10(2)17(11(3)4)7-8-20-12-5-6-14(16)13(9-12)15(18)19/h5-6,9-11H,7-8,16H2,1-4H3,(H,18,19). The summed E-state index contributed by atoms with van der Waals surface area (Å²) in [4.78, 5) is 13.3. The predicted octanol–water partition coefficient (Wildman–Crippen LogP) is 2.46. The normalized spacial score (nSPS) is 11.3. The van der Waals surface area contributed by atoms with Gasteiger partial charge in [0.25, 0.3) is 0 Å². The monoisotopic (exact) mass is 280 g/mol. The SMILES string of the molecule is CC(C)N(CCOc1ccc(N)c(C(=O)O)c1)C(C)C. The largest absolute Gasteiger partial charge is 0.492 e. The van der Waals surface area contributed by atoms with Gasteiger partial charge in [-0.05, 0) is 45.9 Å². The summed E-state index contributed by atoms with van der Waals surface area (Å²) >= 11 is 0. The molecule has 0 spiro atoms. The fraction of sp³-hybridized carbons (Fsp3) is 0.533. The van der Waals surface area contributed by atoms with Gasteiger partial charge in [0.2, 0.25) is 0 Å². The number of anilines is 1. The first-order valence-electron chi connectivity index (χ1n) is 6.84. The van der Waals surface area contributed by atoms with Gasteiger partial charge in [0, 0.05) is 24.3 Å². The second-order valence-corrected chi connectivity index (χ2v) is 5.33. The van der Waals surface area contributed by atoms with Crippen molar-refractivity contribution in [2.75, 3.05) is 18.9 Å². The van der Waals surface area contributed by atoms with E-state index in [0.29, 0.717) is 24.4 Å². The van der Waals surface area contributed by atoms with Gasteiger partial charge >= 0.3 is 5.97 Å². The van der Waals surface area contributed by atoms with Crippen LogP contribution in [0.15, 0.2) is 18.2 Å². The molecule has 5 heteroatoms. The number of carboxylic acid groups (broad SMARTS) is 1. The summed E-state index contributed by atoms with van der Waals surface area (Å²) in [6.45, 7) is 9.89. The molecule has 112 valence electrons. The molecule has 0 aliphatic heterocycles. The summed E-state index contributed by atoms with van der Waals surface area (Å²) in [6.07, 6.45) is 0. The Balaban J connectivity index is 2.62. The second kappa shape index (κ2) is 7.14. The lowest BCUT2D eigenvalue weighted by Crippen LogP contribution is -2.39. The van der Waals surface area contributed by atoms with Crippen LogP contribution in [-0.2, 0) is 0 Å². The van der Waals surface area contributed by atoms with Crippen LogP contribution in [0.5, 0.6) is 5.75 Å². The third-order valence-corrected chi connectivity index (χ3v) is 3.20. The van der Waals surface area contributed by atoms with E-state index in [0.717, 1.165) is 6.54 Å². The molecule has 1 rings (SSSR count). The van der Waals surface area contributed by atoms with E-state index in [-0.39, 0.29) is 11.3 Å². The Morgan fingerprint density at radius 3 is 2.40 bits per heavy atom. The van der Waals surface area contributed by atoms with Crippen LogP contribution in [0.1, 0.15) is 38.1 Å². The van der Waals surface area contributed by atoms with Crippen molar-refractivity contribution in [2.45, 2.75) is 39.8 Å². The minimum absolute atomic E-state index is 0.0760. The molecule has 0 fully saturated rings. The molecule has 3 N–H and O–H groups in total. The summed E-state index contributed by atoms with van der Waals surface area (Å²) in [5, 5.41) is 9.01. The maximum Gasteiger partial charge on any atom is 0.337 e. The first kappa shape index (κ1) is 16.3. The molecule has 5 nitrogen and oxygen atoms in total. The van der Waals surface area contributed by atoms with Gasteiger partial charge in [-0.25, -0.2) is 4.79 Å².